The molecule has 0 fully saturated rings. The van der Waals surface area contributed by atoms with Gasteiger partial charge in [0.05, 0.1) is 31.6 Å². The van der Waals surface area contributed by atoms with Crippen molar-refractivity contribution >= 4 is 11.9 Å². The van der Waals surface area contributed by atoms with E-state index in [2.05, 4.69) is 4.90 Å². The number of rotatable bonds is 14. The average Bonchev–Trinajstić information content (AvgIpc) is 2.60. The highest BCUT2D eigenvalue weighted by atomic mass is 16.4. The van der Waals surface area contributed by atoms with Crippen molar-refractivity contribution < 1.29 is 30.0 Å². The monoisotopic (exact) mass is 375 g/mol. The molecule has 4 N–H and O–H groups in total. The van der Waals surface area contributed by atoms with Gasteiger partial charge < -0.3 is 25.3 Å². The topological polar surface area (TPSA) is 145 Å². The summed E-state index contributed by atoms with van der Waals surface area (Å²) in [6.07, 6.45) is 0.740. The van der Waals surface area contributed by atoms with Gasteiger partial charge in [-0.3, -0.25) is 14.5 Å². The molecule has 0 bridgehead atoms. The minimum atomic E-state index is -0.948. The third-order valence-electron chi connectivity index (χ3n) is 3.80. The van der Waals surface area contributed by atoms with Crippen LogP contribution in [0.5, 0.6) is 0 Å². The minimum Gasteiger partial charge on any atom is -0.481 e. The Kier molecular flexibility index (Phi) is 18.4. The Hall–Kier alpha value is -1.73. The Morgan fingerprint density at radius 2 is 1.54 bits per heavy atom. The predicted octanol–water partition coefficient (Wildman–Crippen LogP) is 0.0805. The SMILES string of the molecule is CCN(CC)CCC(=O)O.N#CCCC(CN(CCO)CCO)C(=O)O. The molecule has 0 aliphatic carbocycles. The zero-order valence-electron chi connectivity index (χ0n) is 15.8. The van der Waals surface area contributed by atoms with Crippen LogP contribution in [0.25, 0.3) is 0 Å². The second-order valence-electron chi connectivity index (χ2n) is 5.65. The highest BCUT2D eigenvalue weighted by Gasteiger charge is 2.20. The van der Waals surface area contributed by atoms with Gasteiger partial charge in [-0.15, -0.1) is 0 Å². The average molecular weight is 375 g/mol. The Bertz CT molecular complexity index is 404. The molecule has 0 aliphatic rings. The summed E-state index contributed by atoms with van der Waals surface area (Å²) in [5, 5.41) is 43.2. The zero-order chi connectivity index (χ0) is 20.4. The first-order valence-electron chi connectivity index (χ1n) is 8.84. The molecule has 1 atom stereocenters. The molecule has 26 heavy (non-hydrogen) atoms. The summed E-state index contributed by atoms with van der Waals surface area (Å²) < 4.78 is 0. The lowest BCUT2D eigenvalue weighted by molar-refractivity contribution is -0.142. The third kappa shape index (κ3) is 15.8. The maximum Gasteiger partial charge on any atom is 0.307 e. The smallest absolute Gasteiger partial charge is 0.307 e. The second kappa shape index (κ2) is 18.1. The fraction of sp³-hybridized carbons (Fsp3) is 0.824. The van der Waals surface area contributed by atoms with Gasteiger partial charge in [-0.25, -0.2) is 0 Å². The summed E-state index contributed by atoms with van der Waals surface area (Å²) in [6.45, 7) is 7.35. The van der Waals surface area contributed by atoms with Gasteiger partial charge >= 0.3 is 11.9 Å². The molecule has 0 amide bonds. The van der Waals surface area contributed by atoms with Crippen LogP contribution in [0, 0.1) is 17.2 Å². The van der Waals surface area contributed by atoms with E-state index in [4.69, 9.17) is 25.7 Å². The van der Waals surface area contributed by atoms with E-state index in [1.807, 2.05) is 19.9 Å². The van der Waals surface area contributed by atoms with E-state index in [-0.39, 0.29) is 32.6 Å². The Morgan fingerprint density at radius 3 is 1.88 bits per heavy atom. The standard InChI is InChI=1S/C10H18N2O4.C7H15NO2/c11-3-1-2-9(10(15)16)8-12(4-6-13)5-7-14;1-3-8(4-2)6-5-7(9)10/h9,13-14H,1-2,4-8H2,(H,15,16);3-6H2,1-2H3,(H,9,10). The first kappa shape index (κ1) is 26.5. The number of carboxylic acid groups (broad SMARTS) is 2. The van der Waals surface area contributed by atoms with E-state index in [0.717, 1.165) is 13.1 Å². The van der Waals surface area contributed by atoms with E-state index < -0.39 is 17.9 Å². The van der Waals surface area contributed by atoms with Crippen molar-refractivity contribution in [3.63, 3.8) is 0 Å². The van der Waals surface area contributed by atoms with Gasteiger partial charge in [-0.2, -0.15) is 5.26 Å². The lowest BCUT2D eigenvalue weighted by atomic mass is 10.0. The van der Waals surface area contributed by atoms with E-state index in [1.54, 1.807) is 4.90 Å². The molecule has 0 heterocycles. The summed E-state index contributed by atoms with van der Waals surface area (Å²) in [4.78, 5) is 24.8. The minimum absolute atomic E-state index is 0.0788. The summed E-state index contributed by atoms with van der Waals surface area (Å²) >= 11 is 0. The molecule has 0 aliphatic heterocycles. The predicted molar refractivity (Wildman–Crippen MR) is 96.6 cm³/mol. The Balaban J connectivity index is 0. The van der Waals surface area contributed by atoms with Crippen molar-refractivity contribution in [1.82, 2.24) is 9.80 Å². The maximum absolute atomic E-state index is 10.9. The summed E-state index contributed by atoms with van der Waals surface area (Å²) in [5.41, 5.74) is 0. The van der Waals surface area contributed by atoms with Crippen LogP contribution in [-0.4, -0.2) is 94.6 Å². The highest BCUT2D eigenvalue weighted by Crippen LogP contribution is 2.09. The van der Waals surface area contributed by atoms with Crippen LogP contribution in [0.15, 0.2) is 0 Å². The lowest BCUT2D eigenvalue weighted by Crippen LogP contribution is -2.37. The number of aliphatic carboxylic acids is 2. The molecule has 0 aromatic rings. The molecule has 1 unspecified atom stereocenters. The first-order valence-corrected chi connectivity index (χ1v) is 8.84. The number of carbonyl (C=O) groups is 2. The van der Waals surface area contributed by atoms with Gasteiger partial charge in [0, 0.05) is 32.6 Å². The van der Waals surface area contributed by atoms with E-state index >= 15 is 0 Å². The second-order valence-corrected chi connectivity index (χ2v) is 5.65. The molecule has 0 aromatic heterocycles. The van der Waals surface area contributed by atoms with Crippen LogP contribution in [0.1, 0.15) is 33.1 Å². The Morgan fingerprint density at radius 1 is 1.00 bits per heavy atom. The van der Waals surface area contributed by atoms with Gasteiger partial charge in [0.2, 0.25) is 0 Å². The van der Waals surface area contributed by atoms with Gasteiger partial charge in [0.1, 0.15) is 0 Å². The van der Waals surface area contributed by atoms with Gasteiger partial charge in [0.15, 0.2) is 0 Å². The van der Waals surface area contributed by atoms with Crippen molar-refractivity contribution in [3.8, 4) is 6.07 Å². The molecule has 0 saturated heterocycles. The lowest BCUT2D eigenvalue weighted by Gasteiger charge is -2.23. The highest BCUT2D eigenvalue weighted by molar-refractivity contribution is 5.70. The Labute approximate surface area is 155 Å². The quantitative estimate of drug-likeness (QED) is 0.331. The van der Waals surface area contributed by atoms with Gasteiger partial charge in [-0.05, 0) is 19.5 Å². The molecule has 0 aromatic carbocycles. The molecule has 0 spiro atoms. The zero-order valence-corrected chi connectivity index (χ0v) is 15.8. The molecule has 9 nitrogen and oxygen atoms in total. The summed E-state index contributed by atoms with van der Waals surface area (Å²) in [5.74, 6) is -2.29. The largest absolute Gasteiger partial charge is 0.481 e. The molecule has 0 saturated carbocycles. The summed E-state index contributed by atoms with van der Waals surface area (Å²) in [6, 6.07) is 1.91. The van der Waals surface area contributed by atoms with Crippen molar-refractivity contribution in [2.75, 3.05) is 52.5 Å². The van der Waals surface area contributed by atoms with Crippen molar-refractivity contribution in [2.45, 2.75) is 33.1 Å². The van der Waals surface area contributed by atoms with E-state index in [0.29, 0.717) is 26.1 Å². The van der Waals surface area contributed by atoms with Gasteiger partial charge in [-0.1, -0.05) is 13.8 Å². The number of hydrogen-bond donors (Lipinski definition) is 4. The molecule has 0 rings (SSSR count). The van der Waals surface area contributed by atoms with Crippen molar-refractivity contribution in [1.29, 1.82) is 5.26 Å². The number of aliphatic hydroxyl groups is 2. The molecular formula is C17H33N3O6. The molecular weight excluding hydrogens is 342 g/mol. The molecule has 0 radical (unpaired) electrons. The van der Waals surface area contributed by atoms with Crippen LogP contribution in [-0.2, 0) is 9.59 Å². The first-order chi connectivity index (χ1) is 12.4. The normalized spacial score (nSPS) is 11.6. The van der Waals surface area contributed by atoms with Crippen LogP contribution < -0.4 is 0 Å². The van der Waals surface area contributed by atoms with Crippen LogP contribution in [0.3, 0.4) is 0 Å². The number of nitriles is 1. The number of aliphatic hydroxyl groups excluding tert-OH is 2. The third-order valence-corrected chi connectivity index (χ3v) is 3.80. The van der Waals surface area contributed by atoms with E-state index in [9.17, 15) is 9.59 Å². The fourth-order valence-electron chi connectivity index (χ4n) is 2.21. The number of hydrogen-bond acceptors (Lipinski definition) is 7. The number of nitrogens with zero attached hydrogens (tertiary/aromatic N) is 3. The fourth-order valence-corrected chi connectivity index (χ4v) is 2.21. The van der Waals surface area contributed by atoms with Gasteiger partial charge in [0.25, 0.3) is 0 Å². The van der Waals surface area contributed by atoms with Crippen molar-refractivity contribution in [3.05, 3.63) is 0 Å². The van der Waals surface area contributed by atoms with E-state index in [1.165, 1.54) is 0 Å². The number of carboxylic acids is 2. The van der Waals surface area contributed by atoms with Crippen LogP contribution >= 0.6 is 0 Å². The van der Waals surface area contributed by atoms with Crippen molar-refractivity contribution in [2.24, 2.45) is 5.92 Å². The summed E-state index contributed by atoms with van der Waals surface area (Å²) in [7, 11) is 0. The maximum atomic E-state index is 10.9. The van der Waals surface area contributed by atoms with Crippen LogP contribution in [0.4, 0.5) is 0 Å². The molecule has 152 valence electrons. The molecule has 9 heteroatoms. The van der Waals surface area contributed by atoms with Crippen LogP contribution in [0.2, 0.25) is 0 Å².